The fraction of sp³-hybridized carbons (Fsp3) is 0.968. The van der Waals surface area contributed by atoms with Gasteiger partial charge in [0.05, 0.1) is 0 Å². The van der Waals surface area contributed by atoms with Gasteiger partial charge in [0.15, 0.2) is 0 Å². The van der Waals surface area contributed by atoms with E-state index in [1.807, 2.05) is 0 Å². The van der Waals surface area contributed by atoms with E-state index in [-0.39, 0.29) is 11.0 Å². The van der Waals surface area contributed by atoms with Gasteiger partial charge in [0.2, 0.25) is 5.91 Å². The van der Waals surface area contributed by atoms with Gasteiger partial charge in [-0.05, 0) is 32.6 Å². The summed E-state index contributed by atoms with van der Waals surface area (Å²) in [6.45, 7) is 13.7. The van der Waals surface area contributed by atoms with Crippen LogP contribution in [0.1, 0.15) is 183 Å². The Kier molecular flexibility index (Phi) is 20.5. The SMILES string of the molecule is CCCCCCCC(C)(CCCCCC)NC(=O)C(C)(CCCCCC)CCCCCCC. The van der Waals surface area contributed by atoms with E-state index >= 15 is 0 Å². The molecular weight excluding hydrogens is 402 g/mol. The lowest BCUT2D eigenvalue weighted by atomic mass is 9.77. The highest BCUT2D eigenvalue weighted by Gasteiger charge is 2.36. The Morgan fingerprint density at radius 1 is 0.485 bits per heavy atom. The Balaban J connectivity index is 5.10. The number of amides is 1. The summed E-state index contributed by atoms with van der Waals surface area (Å²) in [4.78, 5) is 13.8. The minimum absolute atomic E-state index is 0.0378. The van der Waals surface area contributed by atoms with Crippen LogP contribution in [-0.4, -0.2) is 11.4 Å². The lowest BCUT2D eigenvalue weighted by molar-refractivity contribution is -0.133. The molecule has 1 N–H and O–H groups in total. The third-order valence-corrected chi connectivity index (χ3v) is 7.79. The van der Waals surface area contributed by atoms with Gasteiger partial charge < -0.3 is 5.32 Å². The van der Waals surface area contributed by atoms with Gasteiger partial charge in [-0.3, -0.25) is 4.79 Å². The third kappa shape index (κ3) is 16.7. The highest BCUT2D eigenvalue weighted by atomic mass is 16.2. The van der Waals surface area contributed by atoms with Crippen LogP contribution >= 0.6 is 0 Å². The van der Waals surface area contributed by atoms with Crippen LogP contribution in [0.15, 0.2) is 0 Å². The molecule has 2 unspecified atom stereocenters. The normalized spacial score (nSPS) is 15.2. The van der Waals surface area contributed by atoms with Crippen LogP contribution in [0.5, 0.6) is 0 Å². The number of rotatable bonds is 24. The Hall–Kier alpha value is -0.530. The van der Waals surface area contributed by atoms with Gasteiger partial charge in [0, 0.05) is 11.0 Å². The second-order valence-corrected chi connectivity index (χ2v) is 11.5. The lowest BCUT2D eigenvalue weighted by Crippen LogP contribution is -2.51. The molecule has 0 aliphatic carbocycles. The fourth-order valence-electron chi connectivity index (χ4n) is 5.15. The van der Waals surface area contributed by atoms with Crippen molar-refractivity contribution in [2.45, 2.75) is 188 Å². The summed E-state index contributed by atoms with van der Waals surface area (Å²) in [6, 6.07) is 0. The second-order valence-electron chi connectivity index (χ2n) is 11.5. The average Bonchev–Trinajstić information content (AvgIpc) is 2.79. The molecule has 0 bridgehead atoms. The van der Waals surface area contributed by atoms with Crippen molar-refractivity contribution < 1.29 is 4.79 Å². The van der Waals surface area contributed by atoms with Gasteiger partial charge in [-0.1, -0.05) is 150 Å². The highest BCUT2D eigenvalue weighted by Crippen LogP contribution is 2.34. The number of hydrogen-bond acceptors (Lipinski definition) is 1. The maximum Gasteiger partial charge on any atom is 0.226 e. The largest absolute Gasteiger partial charge is 0.350 e. The molecule has 1 amide bonds. The van der Waals surface area contributed by atoms with Crippen LogP contribution in [0.4, 0.5) is 0 Å². The van der Waals surface area contributed by atoms with Crippen molar-refractivity contribution in [2.75, 3.05) is 0 Å². The first kappa shape index (κ1) is 32.5. The maximum absolute atomic E-state index is 13.8. The second kappa shape index (κ2) is 20.8. The highest BCUT2D eigenvalue weighted by molar-refractivity contribution is 5.82. The van der Waals surface area contributed by atoms with Crippen molar-refractivity contribution in [1.29, 1.82) is 0 Å². The van der Waals surface area contributed by atoms with E-state index in [1.165, 1.54) is 116 Å². The molecule has 198 valence electrons. The molecule has 2 atom stereocenters. The molecule has 33 heavy (non-hydrogen) atoms. The molecule has 0 heterocycles. The molecule has 0 saturated carbocycles. The summed E-state index contributed by atoms with van der Waals surface area (Å²) >= 11 is 0. The van der Waals surface area contributed by atoms with Crippen LogP contribution < -0.4 is 5.32 Å². The van der Waals surface area contributed by atoms with Crippen LogP contribution in [0.25, 0.3) is 0 Å². The van der Waals surface area contributed by atoms with E-state index in [1.54, 1.807) is 0 Å². The summed E-state index contributed by atoms with van der Waals surface area (Å²) in [7, 11) is 0. The summed E-state index contributed by atoms with van der Waals surface area (Å²) in [5.74, 6) is 0.348. The van der Waals surface area contributed by atoms with E-state index in [0.717, 1.165) is 25.7 Å². The Morgan fingerprint density at radius 3 is 1.15 bits per heavy atom. The summed E-state index contributed by atoms with van der Waals surface area (Å²) in [5, 5.41) is 3.66. The molecule has 2 nitrogen and oxygen atoms in total. The van der Waals surface area contributed by atoms with Gasteiger partial charge in [-0.15, -0.1) is 0 Å². The van der Waals surface area contributed by atoms with Gasteiger partial charge in [-0.25, -0.2) is 0 Å². The smallest absolute Gasteiger partial charge is 0.226 e. The minimum atomic E-state index is -0.202. The zero-order valence-electron chi connectivity index (χ0n) is 24.0. The molecule has 0 radical (unpaired) electrons. The first-order valence-corrected chi connectivity index (χ1v) is 15.2. The number of unbranched alkanes of at least 4 members (excludes halogenated alkanes) is 14. The summed E-state index contributed by atoms with van der Waals surface area (Å²) in [5.41, 5.74) is -0.239. The molecule has 0 aliphatic heterocycles. The number of hydrogen-bond donors (Lipinski definition) is 1. The molecule has 0 aromatic heterocycles. The molecular formula is C31H63NO. The van der Waals surface area contributed by atoms with Crippen LogP contribution in [0.2, 0.25) is 0 Å². The van der Waals surface area contributed by atoms with Gasteiger partial charge >= 0.3 is 0 Å². The average molecular weight is 466 g/mol. The predicted molar refractivity (Wildman–Crippen MR) is 149 cm³/mol. The van der Waals surface area contributed by atoms with Gasteiger partial charge in [0.25, 0.3) is 0 Å². The van der Waals surface area contributed by atoms with Crippen LogP contribution in [0, 0.1) is 5.41 Å². The van der Waals surface area contributed by atoms with Gasteiger partial charge in [-0.2, -0.15) is 0 Å². The molecule has 0 saturated heterocycles. The molecule has 0 aromatic carbocycles. The summed E-state index contributed by atoms with van der Waals surface area (Å²) in [6.07, 6.45) is 27.4. The maximum atomic E-state index is 13.8. The lowest BCUT2D eigenvalue weighted by Gasteiger charge is -2.37. The van der Waals surface area contributed by atoms with Crippen molar-refractivity contribution in [1.82, 2.24) is 5.32 Å². The van der Waals surface area contributed by atoms with E-state index in [4.69, 9.17) is 0 Å². The number of carbonyl (C=O) groups is 1. The Bertz CT molecular complexity index is 448. The van der Waals surface area contributed by atoms with Gasteiger partial charge in [0.1, 0.15) is 0 Å². The topological polar surface area (TPSA) is 29.1 Å². The first-order valence-electron chi connectivity index (χ1n) is 15.2. The zero-order chi connectivity index (χ0) is 24.8. The quantitative estimate of drug-likeness (QED) is 0.141. The van der Waals surface area contributed by atoms with E-state index in [2.05, 4.69) is 46.9 Å². The van der Waals surface area contributed by atoms with E-state index < -0.39 is 0 Å². The molecule has 0 aromatic rings. The standard InChI is InChI=1S/C31H63NO/c1-7-11-15-19-22-26-30(5,25-21-17-13-9-3)29(33)32-31(6,27-23-18-14-10-4)28-24-20-16-12-8-2/h7-28H2,1-6H3,(H,32,33). The molecule has 0 rings (SSSR count). The Morgan fingerprint density at radius 2 is 0.788 bits per heavy atom. The van der Waals surface area contributed by atoms with E-state index in [0.29, 0.717) is 5.91 Å². The number of carbonyl (C=O) groups excluding carboxylic acids is 1. The van der Waals surface area contributed by atoms with E-state index in [9.17, 15) is 4.79 Å². The number of nitrogens with one attached hydrogen (secondary N) is 1. The van der Waals surface area contributed by atoms with Crippen molar-refractivity contribution in [2.24, 2.45) is 5.41 Å². The zero-order valence-corrected chi connectivity index (χ0v) is 24.0. The predicted octanol–water partition coefficient (Wildman–Crippen LogP) is 10.5. The summed E-state index contributed by atoms with van der Waals surface area (Å²) < 4.78 is 0. The first-order chi connectivity index (χ1) is 15.9. The monoisotopic (exact) mass is 465 g/mol. The molecule has 0 aliphatic rings. The molecule has 0 fully saturated rings. The Labute approximate surface area is 209 Å². The van der Waals surface area contributed by atoms with Crippen molar-refractivity contribution in [3.8, 4) is 0 Å². The van der Waals surface area contributed by atoms with Crippen molar-refractivity contribution >= 4 is 5.91 Å². The molecule has 0 spiro atoms. The van der Waals surface area contributed by atoms with Crippen molar-refractivity contribution in [3.05, 3.63) is 0 Å². The molecule has 2 heteroatoms. The van der Waals surface area contributed by atoms with Crippen LogP contribution in [0.3, 0.4) is 0 Å². The minimum Gasteiger partial charge on any atom is -0.350 e. The van der Waals surface area contributed by atoms with Crippen molar-refractivity contribution in [3.63, 3.8) is 0 Å². The fourth-order valence-corrected chi connectivity index (χ4v) is 5.15. The third-order valence-electron chi connectivity index (χ3n) is 7.79. The van der Waals surface area contributed by atoms with Crippen LogP contribution in [-0.2, 0) is 4.79 Å².